The average molecular weight is 296 g/mol. The predicted molar refractivity (Wildman–Crippen MR) is 82.0 cm³/mol. The topological polar surface area (TPSA) is 63.4 Å². The Kier molecular flexibility index (Phi) is 4.70. The van der Waals surface area contributed by atoms with Crippen molar-refractivity contribution >= 4 is 15.7 Å². The van der Waals surface area contributed by atoms with Crippen molar-refractivity contribution in [2.45, 2.75) is 56.4 Å². The Bertz CT molecular complexity index is 561. The lowest BCUT2D eigenvalue weighted by Crippen LogP contribution is -2.36. The number of anilines is 1. The normalized spacial score (nSPS) is 18.1. The van der Waals surface area contributed by atoms with Gasteiger partial charge in [0.05, 0.1) is 4.90 Å². The summed E-state index contributed by atoms with van der Waals surface area (Å²) in [7, 11) is -1.74. The maximum atomic E-state index is 12.7. The number of nitrogens with two attached hydrogens (primary N) is 1. The van der Waals surface area contributed by atoms with Crippen molar-refractivity contribution in [2.75, 3.05) is 12.8 Å². The van der Waals surface area contributed by atoms with Gasteiger partial charge in [0, 0.05) is 18.8 Å². The van der Waals surface area contributed by atoms with E-state index >= 15 is 0 Å². The summed E-state index contributed by atoms with van der Waals surface area (Å²) < 4.78 is 26.9. The van der Waals surface area contributed by atoms with Gasteiger partial charge in [-0.1, -0.05) is 31.7 Å². The highest BCUT2D eigenvalue weighted by molar-refractivity contribution is 7.89. The maximum Gasteiger partial charge on any atom is 0.243 e. The lowest BCUT2D eigenvalue weighted by atomic mass is 10.1. The quantitative estimate of drug-likeness (QED) is 0.689. The number of nitrogens with zero attached hydrogens (tertiary/aromatic N) is 1. The largest absolute Gasteiger partial charge is 0.398 e. The van der Waals surface area contributed by atoms with Gasteiger partial charge in [-0.25, -0.2) is 8.42 Å². The molecule has 0 aliphatic heterocycles. The molecule has 1 aliphatic rings. The summed E-state index contributed by atoms with van der Waals surface area (Å²) in [4.78, 5) is 0.298. The molecule has 112 valence electrons. The van der Waals surface area contributed by atoms with E-state index in [4.69, 9.17) is 5.73 Å². The molecule has 2 rings (SSSR count). The van der Waals surface area contributed by atoms with Crippen LogP contribution < -0.4 is 5.73 Å². The fourth-order valence-corrected chi connectivity index (χ4v) is 4.21. The van der Waals surface area contributed by atoms with Crippen molar-refractivity contribution in [3.05, 3.63) is 23.8 Å². The van der Waals surface area contributed by atoms with Gasteiger partial charge in [-0.15, -0.1) is 0 Å². The molecular weight excluding hydrogens is 272 g/mol. The van der Waals surface area contributed by atoms with E-state index in [0.29, 0.717) is 10.6 Å². The van der Waals surface area contributed by atoms with Crippen LogP contribution >= 0.6 is 0 Å². The first-order valence-electron chi connectivity index (χ1n) is 7.27. The molecule has 1 saturated carbocycles. The van der Waals surface area contributed by atoms with Gasteiger partial charge < -0.3 is 5.73 Å². The Morgan fingerprint density at radius 3 is 2.30 bits per heavy atom. The highest BCUT2D eigenvalue weighted by atomic mass is 32.2. The summed E-state index contributed by atoms with van der Waals surface area (Å²) in [5.41, 5.74) is 7.27. The Morgan fingerprint density at radius 2 is 1.75 bits per heavy atom. The van der Waals surface area contributed by atoms with Crippen LogP contribution in [0.2, 0.25) is 0 Å². The van der Waals surface area contributed by atoms with Crippen LogP contribution in [0.25, 0.3) is 0 Å². The van der Waals surface area contributed by atoms with Crippen LogP contribution in [0.3, 0.4) is 0 Å². The smallest absolute Gasteiger partial charge is 0.243 e. The van der Waals surface area contributed by atoms with Crippen LogP contribution in [0.5, 0.6) is 0 Å². The van der Waals surface area contributed by atoms with Crippen molar-refractivity contribution < 1.29 is 8.42 Å². The van der Waals surface area contributed by atoms with Crippen LogP contribution in [-0.4, -0.2) is 25.8 Å². The molecule has 5 heteroatoms. The summed E-state index contributed by atoms with van der Waals surface area (Å²) in [6.45, 7) is 1.88. The number of sulfonamides is 1. The lowest BCUT2D eigenvalue weighted by Gasteiger charge is -2.26. The molecule has 0 aromatic heterocycles. The summed E-state index contributed by atoms with van der Waals surface area (Å²) >= 11 is 0. The minimum atomic E-state index is -3.44. The maximum absolute atomic E-state index is 12.7. The Labute approximate surface area is 122 Å². The zero-order chi connectivity index (χ0) is 14.8. The molecule has 0 radical (unpaired) electrons. The van der Waals surface area contributed by atoms with Crippen LogP contribution in [0.1, 0.15) is 44.1 Å². The van der Waals surface area contributed by atoms with Gasteiger partial charge in [0.2, 0.25) is 10.0 Å². The number of benzene rings is 1. The van der Waals surface area contributed by atoms with Gasteiger partial charge >= 0.3 is 0 Å². The van der Waals surface area contributed by atoms with Gasteiger partial charge in [-0.3, -0.25) is 0 Å². The first-order chi connectivity index (χ1) is 9.43. The molecule has 1 aromatic rings. The number of rotatable bonds is 3. The molecule has 20 heavy (non-hydrogen) atoms. The van der Waals surface area contributed by atoms with E-state index in [9.17, 15) is 8.42 Å². The number of nitrogen functional groups attached to an aromatic ring is 1. The Morgan fingerprint density at radius 1 is 1.15 bits per heavy atom. The highest BCUT2D eigenvalue weighted by Crippen LogP contribution is 2.27. The van der Waals surface area contributed by atoms with Crippen LogP contribution in [0.4, 0.5) is 5.69 Å². The van der Waals surface area contributed by atoms with E-state index in [-0.39, 0.29) is 6.04 Å². The molecule has 0 spiro atoms. The van der Waals surface area contributed by atoms with Crippen molar-refractivity contribution in [3.8, 4) is 0 Å². The molecule has 4 nitrogen and oxygen atoms in total. The summed E-state index contributed by atoms with van der Waals surface area (Å²) in [6, 6.07) is 5.10. The van der Waals surface area contributed by atoms with Gasteiger partial charge in [-0.05, 0) is 37.5 Å². The summed E-state index contributed by atoms with van der Waals surface area (Å²) in [5, 5.41) is 0. The number of aryl methyl sites for hydroxylation is 1. The average Bonchev–Trinajstić information content (AvgIpc) is 2.69. The molecule has 0 amide bonds. The molecule has 0 atom stereocenters. The monoisotopic (exact) mass is 296 g/mol. The molecule has 0 saturated heterocycles. The third-order valence-electron chi connectivity index (χ3n) is 4.27. The van der Waals surface area contributed by atoms with Crippen molar-refractivity contribution in [2.24, 2.45) is 0 Å². The Hall–Kier alpha value is -1.07. The Balaban J connectivity index is 2.26. The second-order valence-corrected chi connectivity index (χ2v) is 7.68. The minimum absolute atomic E-state index is 0.116. The molecule has 0 unspecified atom stereocenters. The fourth-order valence-electron chi connectivity index (χ4n) is 2.76. The van der Waals surface area contributed by atoms with Gasteiger partial charge in [0.15, 0.2) is 0 Å². The second kappa shape index (κ2) is 6.14. The molecule has 1 aromatic carbocycles. The van der Waals surface area contributed by atoms with Gasteiger partial charge in [0.25, 0.3) is 0 Å². The van der Waals surface area contributed by atoms with Crippen molar-refractivity contribution in [1.82, 2.24) is 4.31 Å². The van der Waals surface area contributed by atoms with E-state index < -0.39 is 10.0 Å². The fraction of sp³-hybridized carbons (Fsp3) is 0.600. The molecule has 0 heterocycles. The lowest BCUT2D eigenvalue weighted by molar-refractivity contribution is 0.336. The SMILES string of the molecule is Cc1ccc(S(=O)(=O)N(C)C2CCCCCC2)cc1N. The van der Waals surface area contributed by atoms with E-state index in [1.165, 1.54) is 12.8 Å². The standard InChI is InChI=1S/C15H24N2O2S/c1-12-9-10-14(11-15(12)16)20(18,19)17(2)13-7-5-3-4-6-8-13/h9-11,13H,3-8,16H2,1-2H3. The summed E-state index contributed by atoms with van der Waals surface area (Å²) in [6.07, 6.45) is 6.55. The first-order valence-corrected chi connectivity index (χ1v) is 8.71. The minimum Gasteiger partial charge on any atom is -0.398 e. The molecule has 2 N–H and O–H groups in total. The number of hydrogen-bond donors (Lipinski definition) is 1. The van der Waals surface area contributed by atoms with E-state index in [1.54, 1.807) is 29.6 Å². The van der Waals surface area contributed by atoms with E-state index in [1.807, 2.05) is 6.92 Å². The van der Waals surface area contributed by atoms with Gasteiger partial charge in [0.1, 0.15) is 0 Å². The third-order valence-corrected chi connectivity index (χ3v) is 6.17. The van der Waals surface area contributed by atoms with Crippen molar-refractivity contribution in [1.29, 1.82) is 0 Å². The zero-order valence-electron chi connectivity index (χ0n) is 12.3. The van der Waals surface area contributed by atoms with Crippen LogP contribution in [0.15, 0.2) is 23.1 Å². The third kappa shape index (κ3) is 3.15. The zero-order valence-corrected chi connectivity index (χ0v) is 13.1. The van der Waals surface area contributed by atoms with E-state index in [0.717, 1.165) is 31.2 Å². The highest BCUT2D eigenvalue weighted by Gasteiger charge is 2.28. The van der Waals surface area contributed by atoms with Crippen LogP contribution in [0, 0.1) is 6.92 Å². The molecule has 0 bridgehead atoms. The number of hydrogen-bond acceptors (Lipinski definition) is 3. The summed E-state index contributed by atoms with van der Waals surface area (Å²) in [5.74, 6) is 0. The molecular formula is C15H24N2O2S. The van der Waals surface area contributed by atoms with Crippen molar-refractivity contribution in [3.63, 3.8) is 0 Å². The van der Waals surface area contributed by atoms with Gasteiger partial charge in [-0.2, -0.15) is 4.31 Å². The van der Waals surface area contributed by atoms with Crippen LogP contribution in [-0.2, 0) is 10.0 Å². The second-order valence-electron chi connectivity index (χ2n) is 5.69. The first kappa shape index (κ1) is 15.3. The van der Waals surface area contributed by atoms with E-state index in [2.05, 4.69) is 0 Å². The molecule has 1 fully saturated rings. The molecule has 1 aliphatic carbocycles. The predicted octanol–water partition coefficient (Wildman–Crippen LogP) is 2.92.